The van der Waals surface area contributed by atoms with Gasteiger partial charge in [0, 0.05) is 29.5 Å². The molecule has 0 spiro atoms. The van der Waals surface area contributed by atoms with E-state index in [1.54, 1.807) is 19.2 Å². The van der Waals surface area contributed by atoms with E-state index >= 15 is 0 Å². The smallest absolute Gasteiger partial charge is 0.246 e. The molecule has 0 radical (unpaired) electrons. The predicted octanol–water partition coefficient (Wildman–Crippen LogP) is 4.73. The molecule has 0 aliphatic heterocycles. The highest BCUT2D eigenvalue weighted by Gasteiger charge is 2.16. The maximum absolute atomic E-state index is 12.7. The molecule has 0 saturated heterocycles. The number of carbonyl (C=O) groups excluding carboxylic acids is 1. The van der Waals surface area contributed by atoms with Gasteiger partial charge in [-0.2, -0.15) is 5.10 Å². The minimum absolute atomic E-state index is 0.0192. The largest absolute Gasteiger partial charge is 0.497 e. The van der Waals surface area contributed by atoms with E-state index in [0.29, 0.717) is 27.7 Å². The summed E-state index contributed by atoms with van der Waals surface area (Å²) in [5, 5.41) is 8.15. The molecule has 1 N–H and O–H groups in total. The second-order valence-electron chi connectivity index (χ2n) is 7.22. The topological polar surface area (TPSA) is 66.0 Å². The van der Waals surface area contributed by atoms with Crippen molar-refractivity contribution >= 4 is 35.4 Å². The third-order valence-corrected chi connectivity index (χ3v) is 5.85. The average molecular weight is 468 g/mol. The number of halogens is 1. The van der Waals surface area contributed by atoms with Gasteiger partial charge in [0.05, 0.1) is 7.11 Å². The van der Waals surface area contributed by atoms with Gasteiger partial charge in [0.1, 0.15) is 12.3 Å². The standard InChI is InChI=1S/C23H22ClN5O2S/c1-16-19(24)6-5-7-20(16)25-22(30)15-28-23(32)29(27-12-3-4-13-27)21(26-28)14-17-8-10-18(31-2)11-9-17/h3-13H,14-15H2,1-2H3,(H,25,30). The fourth-order valence-electron chi connectivity index (χ4n) is 3.34. The van der Waals surface area contributed by atoms with Crippen LogP contribution in [-0.4, -0.2) is 32.1 Å². The number of amides is 1. The lowest BCUT2D eigenvalue weighted by molar-refractivity contribution is -0.116. The SMILES string of the molecule is COc1ccc(Cc2nn(CC(=O)Nc3cccc(Cl)c3C)c(=S)n2-n2cccc2)cc1. The Morgan fingerprint density at radius 3 is 2.53 bits per heavy atom. The molecule has 4 aromatic rings. The van der Waals surface area contributed by atoms with Gasteiger partial charge in [-0.1, -0.05) is 29.8 Å². The quantitative estimate of drug-likeness (QED) is 0.399. The van der Waals surface area contributed by atoms with Crippen LogP contribution in [0.3, 0.4) is 0 Å². The molecule has 9 heteroatoms. The number of aromatic nitrogens is 4. The van der Waals surface area contributed by atoms with E-state index in [4.69, 9.17) is 28.6 Å². The summed E-state index contributed by atoms with van der Waals surface area (Å²) in [6.45, 7) is 1.84. The Morgan fingerprint density at radius 2 is 1.84 bits per heavy atom. The van der Waals surface area contributed by atoms with Gasteiger partial charge in [-0.3, -0.25) is 9.47 Å². The molecule has 32 heavy (non-hydrogen) atoms. The number of hydrogen-bond acceptors (Lipinski definition) is 4. The van der Waals surface area contributed by atoms with Gasteiger partial charge in [0.15, 0.2) is 5.82 Å². The summed E-state index contributed by atoms with van der Waals surface area (Å²) in [7, 11) is 1.64. The zero-order valence-corrected chi connectivity index (χ0v) is 19.2. The van der Waals surface area contributed by atoms with Crippen LogP contribution in [0.1, 0.15) is 17.0 Å². The van der Waals surface area contributed by atoms with Gasteiger partial charge in [-0.05, 0) is 66.7 Å². The van der Waals surface area contributed by atoms with E-state index in [1.807, 2.05) is 71.1 Å². The van der Waals surface area contributed by atoms with Crippen molar-refractivity contribution in [2.45, 2.75) is 19.9 Å². The van der Waals surface area contributed by atoms with Crippen molar-refractivity contribution in [3.8, 4) is 5.75 Å². The van der Waals surface area contributed by atoms with Crippen LogP contribution in [0.5, 0.6) is 5.75 Å². The summed E-state index contributed by atoms with van der Waals surface area (Å²) in [6.07, 6.45) is 4.30. The summed E-state index contributed by atoms with van der Waals surface area (Å²) >= 11 is 11.8. The number of benzene rings is 2. The third kappa shape index (κ3) is 4.61. The van der Waals surface area contributed by atoms with Crippen molar-refractivity contribution in [1.82, 2.24) is 19.1 Å². The van der Waals surface area contributed by atoms with Crippen LogP contribution in [0.4, 0.5) is 5.69 Å². The van der Waals surface area contributed by atoms with Gasteiger partial charge in [-0.25, -0.2) is 9.36 Å². The molecule has 2 heterocycles. The van der Waals surface area contributed by atoms with Crippen LogP contribution < -0.4 is 10.1 Å². The molecular weight excluding hydrogens is 446 g/mol. The zero-order valence-electron chi connectivity index (χ0n) is 17.7. The summed E-state index contributed by atoms with van der Waals surface area (Å²) in [4.78, 5) is 12.7. The Bertz CT molecular complexity index is 1290. The van der Waals surface area contributed by atoms with Crippen molar-refractivity contribution in [3.05, 3.63) is 93.7 Å². The number of hydrogen-bond donors (Lipinski definition) is 1. The molecule has 164 valence electrons. The summed E-state index contributed by atoms with van der Waals surface area (Å²) < 4.78 is 10.9. The highest BCUT2D eigenvalue weighted by atomic mass is 35.5. The molecule has 0 aliphatic carbocycles. The highest BCUT2D eigenvalue weighted by Crippen LogP contribution is 2.23. The number of methoxy groups -OCH3 is 1. The first-order valence-electron chi connectivity index (χ1n) is 9.96. The fourth-order valence-corrected chi connectivity index (χ4v) is 3.82. The zero-order chi connectivity index (χ0) is 22.7. The lowest BCUT2D eigenvalue weighted by atomic mass is 10.1. The van der Waals surface area contributed by atoms with E-state index in [2.05, 4.69) is 10.4 Å². The highest BCUT2D eigenvalue weighted by molar-refractivity contribution is 7.71. The number of ether oxygens (including phenoxy) is 1. The van der Waals surface area contributed by atoms with Crippen molar-refractivity contribution in [2.24, 2.45) is 0 Å². The third-order valence-electron chi connectivity index (χ3n) is 5.06. The van der Waals surface area contributed by atoms with Crippen LogP contribution in [0.25, 0.3) is 0 Å². The minimum atomic E-state index is -0.236. The van der Waals surface area contributed by atoms with Gasteiger partial charge in [0.25, 0.3) is 0 Å². The van der Waals surface area contributed by atoms with Gasteiger partial charge in [-0.15, -0.1) is 0 Å². The van der Waals surface area contributed by atoms with Crippen LogP contribution >= 0.6 is 23.8 Å². The number of rotatable bonds is 7. The van der Waals surface area contributed by atoms with E-state index < -0.39 is 0 Å². The molecule has 7 nitrogen and oxygen atoms in total. The van der Waals surface area contributed by atoms with Gasteiger partial charge < -0.3 is 10.1 Å². The summed E-state index contributed by atoms with van der Waals surface area (Å²) in [5.41, 5.74) is 2.52. The first kappa shape index (κ1) is 21.9. The minimum Gasteiger partial charge on any atom is -0.497 e. The maximum Gasteiger partial charge on any atom is 0.246 e. The molecule has 0 unspecified atom stereocenters. The molecule has 0 bridgehead atoms. The lowest BCUT2D eigenvalue weighted by Gasteiger charge is -2.09. The van der Waals surface area contributed by atoms with Gasteiger partial charge >= 0.3 is 0 Å². The van der Waals surface area contributed by atoms with E-state index in [9.17, 15) is 4.79 Å². The monoisotopic (exact) mass is 467 g/mol. The molecule has 4 rings (SSSR count). The lowest BCUT2D eigenvalue weighted by Crippen LogP contribution is -2.20. The summed E-state index contributed by atoms with van der Waals surface area (Å²) in [6, 6.07) is 17.0. The molecule has 0 fully saturated rings. The molecule has 0 atom stereocenters. The second-order valence-corrected chi connectivity index (χ2v) is 7.99. The van der Waals surface area contributed by atoms with E-state index in [1.165, 1.54) is 4.68 Å². The molecular formula is C23H22ClN5O2S. The first-order valence-corrected chi connectivity index (χ1v) is 10.7. The van der Waals surface area contributed by atoms with Crippen molar-refractivity contribution in [3.63, 3.8) is 0 Å². The second kappa shape index (κ2) is 9.42. The number of nitrogens with zero attached hydrogens (tertiary/aromatic N) is 4. The number of nitrogens with one attached hydrogen (secondary N) is 1. The molecule has 0 aliphatic rings. The Labute approximate surface area is 195 Å². The van der Waals surface area contributed by atoms with E-state index in [0.717, 1.165) is 16.9 Å². The van der Waals surface area contributed by atoms with Crippen molar-refractivity contribution in [1.29, 1.82) is 0 Å². The van der Waals surface area contributed by atoms with Gasteiger partial charge in [0.2, 0.25) is 10.7 Å². The maximum atomic E-state index is 12.7. The average Bonchev–Trinajstić information content (AvgIpc) is 3.40. The van der Waals surface area contributed by atoms with Crippen LogP contribution in [0.2, 0.25) is 5.02 Å². The van der Waals surface area contributed by atoms with E-state index in [-0.39, 0.29) is 12.5 Å². The number of anilines is 1. The Morgan fingerprint density at radius 1 is 1.12 bits per heavy atom. The van der Waals surface area contributed by atoms with Crippen LogP contribution in [0, 0.1) is 11.7 Å². The molecule has 1 amide bonds. The van der Waals surface area contributed by atoms with Crippen molar-refractivity contribution < 1.29 is 9.53 Å². The Hall–Kier alpha value is -3.36. The summed E-state index contributed by atoms with van der Waals surface area (Å²) in [5.74, 6) is 1.26. The molecule has 0 saturated carbocycles. The van der Waals surface area contributed by atoms with Crippen molar-refractivity contribution in [2.75, 3.05) is 12.4 Å². The van der Waals surface area contributed by atoms with Crippen LogP contribution in [-0.2, 0) is 17.8 Å². The fraction of sp³-hybridized carbons (Fsp3) is 0.174. The Balaban J connectivity index is 1.62. The predicted molar refractivity (Wildman–Crippen MR) is 127 cm³/mol. The first-order chi connectivity index (χ1) is 15.5. The molecule has 2 aromatic heterocycles. The van der Waals surface area contributed by atoms with Crippen LogP contribution in [0.15, 0.2) is 67.0 Å². The molecule has 2 aromatic carbocycles. The normalized spacial score (nSPS) is 10.8. The Kier molecular flexibility index (Phi) is 6.43. The number of carbonyl (C=O) groups is 1.